The van der Waals surface area contributed by atoms with Gasteiger partial charge in [-0.2, -0.15) is 0 Å². The topological polar surface area (TPSA) is 29.9 Å². The zero-order chi connectivity index (χ0) is 13.1. The fourth-order valence-electron chi connectivity index (χ4n) is 1.90. The van der Waals surface area contributed by atoms with Crippen molar-refractivity contribution in [1.29, 1.82) is 0 Å². The van der Waals surface area contributed by atoms with Gasteiger partial charge in [-0.1, -0.05) is 37.6 Å². The van der Waals surface area contributed by atoms with Gasteiger partial charge in [0.15, 0.2) is 0 Å². The zero-order valence-corrected chi connectivity index (χ0v) is 11.7. The number of hydrogen-bond donors (Lipinski definition) is 1. The summed E-state index contributed by atoms with van der Waals surface area (Å²) in [6, 6.07) is 6.43. The number of hydrogen-bond acceptors (Lipinski definition) is 2. The second-order valence-electron chi connectivity index (χ2n) is 4.63. The molecule has 0 amide bonds. The van der Waals surface area contributed by atoms with Crippen molar-refractivity contribution in [3.05, 3.63) is 47.0 Å². The fourth-order valence-corrected chi connectivity index (χ4v) is 2.19. The van der Waals surface area contributed by atoms with Gasteiger partial charge in [-0.05, 0) is 18.6 Å². The van der Waals surface area contributed by atoms with Crippen LogP contribution in [0.2, 0.25) is 5.02 Å². The lowest BCUT2D eigenvalue weighted by Gasteiger charge is -2.15. The highest BCUT2D eigenvalue weighted by Crippen LogP contribution is 2.25. The third-order valence-electron chi connectivity index (χ3n) is 2.84. The zero-order valence-electron chi connectivity index (χ0n) is 10.9. The fraction of sp³-hybridized carbons (Fsp3) is 0.357. The van der Waals surface area contributed by atoms with Crippen LogP contribution in [0.5, 0.6) is 0 Å². The molecular weight excluding hydrogens is 246 g/mol. The van der Waals surface area contributed by atoms with Crippen molar-refractivity contribution in [1.82, 2.24) is 14.9 Å². The number of aromatic nitrogens is 2. The van der Waals surface area contributed by atoms with Crippen LogP contribution in [0.4, 0.5) is 0 Å². The van der Waals surface area contributed by atoms with Crippen LogP contribution in [0.15, 0.2) is 30.6 Å². The summed E-state index contributed by atoms with van der Waals surface area (Å²) in [5, 5.41) is 4.17. The molecule has 0 saturated carbocycles. The molecule has 0 radical (unpaired) electrons. The first kappa shape index (κ1) is 13.1. The number of benzene rings is 1. The van der Waals surface area contributed by atoms with E-state index >= 15 is 0 Å². The molecule has 3 nitrogen and oxygen atoms in total. The van der Waals surface area contributed by atoms with Crippen molar-refractivity contribution < 1.29 is 0 Å². The average Bonchev–Trinajstić information content (AvgIpc) is 2.72. The summed E-state index contributed by atoms with van der Waals surface area (Å²) in [4.78, 5) is 4.25. The van der Waals surface area contributed by atoms with E-state index in [4.69, 9.17) is 11.6 Å². The molecule has 0 aliphatic carbocycles. The van der Waals surface area contributed by atoms with Gasteiger partial charge < -0.3 is 9.88 Å². The number of nitrogens with one attached hydrogen (secondary N) is 1. The smallest absolute Gasteiger partial charge is 0.110 e. The van der Waals surface area contributed by atoms with E-state index in [9.17, 15) is 0 Å². The van der Waals surface area contributed by atoms with Crippen molar-refractivity contribution in [2.45, 2.75) is 33.4 Å². The first-order chi connectivity index (χ1) is 8.59. The van der Waals surface area contributed by atoms with E-state index in [0.29, 0.717) is 6.04 Å². The van der Waals surface area contributed by atoms with Gasteiger partial charge in [0, 0.05) is 25.0 Å². The molecule has 2 rings (SSSR count). The number of rotatable bonds is 4. The number of halogens is 1. The Labute approximate surface area is 113 Å². The van der Waals surface area contributed by atoms with Gasteiger partial charge in [-0.15, -0.1) is 0 Å². The van der Waals surface area contributed by atoms with Crippen LogP contribution < -0.4 is 5.32 Å². The van der Waals surface area contributed by atoms with Gasteiger partial charge in [0.05, 0.1) is 10.7 Å². The molecule has 0 fully saturated rings. The molecule has 1 N–H and O–H groups in total. The largest absolute Gasteiger partial charge is 0.310 e. The maximum absolute atomic E-state index is 6.33. The lowest BCUT2D eigenvalue weighted by atomic mass is 10.1. The Morgan fingerprint density at radius 1 is 1.39 bits per heavy atom. The maximum atomic E-state index is 6.33. The molecule has 1 heterocycles. The summed E-state index contributed by atoms with van der Waals surface area (Å²) in [6.45, 7) is 7.04. The molecule has 0 aliphatic rings. The van der Waals surface area contributed by atoms with E-state index in [-0.39, 0.29) is 0 Å². The van der Waals surface area contributed by atoms with Gasteiger partial charge >= 0.3 is 0 Å². The van der Waals surface area contributed by atoms with E-state index in [1.54, 1.807) is 6.20 Å². The van der Waals surface area contributed by atoms with Crippen LogP contribution in [0.1, 0.15) is 25.2 Å². The molecule has 0 atom stereocenters. The first-order valence-electron chi connectivity index (χ1n) is 6.10. The van der Waals surface area contributed by atoms with E-state index in [1.807, 2.05) is 29.8 Å². The monoisotopic (exact) mass is 263 g/mol. The van der Waals surface area contributed by atoms with E-state index in [0.717, 1.165) is 23.1 Å². The Balaban J connectivity index is 2.42. The SMILES string of the molecule is Cc1nccn1-c1c(Cl)cccc1CNC(C)C. The second kappa shape index (κ2) is 5.55. The van der Waals surface area contributed by atoms with E-state index < -0.39 is 0 Å². The van der Waals surface area contributed by atoms with Crippen LogP contribution in [-0.2, 0) is 6.54 Å². The van der Waals surface area contributed by atoms with Crippen LogP contribution in [0, 0.1) is 6.92 Å². The average molecular weight is 264 g/mol. The minimum absolute atomic E-state index is 0.445. The molecule has 0 spiro atoms. The summed E-state index contributed by atoms with van der Waals surface area (Å²) >= 11 is 6.33. The molecule has 1 aromatic heterocycles. The lowest BCUT2D eigenvalue weighted by Crippen LogP contribution is -2.22. The Kier molecular flexibility index (Phi) is 4.04. The summed E-state index contributed by atoms with van der Waals surface area (Å²) < 4.78 is 2.03. The molecule has 4 heteroatoms. The predicted molar refractivity (Wildman–Crippen MR) is 75.3 cm³/mol. The predicted octanol–water partition coefficient (Wildman–Crippen LogP) is 3.33. The number of nitrogens with zero attached hydrogens (tertiary/aromatic N) is 2. The van der Waals surface area contributed by atoms with Crippen LogP contribution in [-0.4, -0.2) is 15.6 Å². The number of imidazole rings is 1. The lowest BCUT2D eigenvalue weighted by molar-refractivity contribution is 0.587. The van der Waals surface area contributed by atoms with Crippen molar-refractivity contribution in [3.63, 3.8) is 0 Å². The number of para-hydroxylation sites is 1. The second-order valence-corrected chi connectivity index (χ2v) is 5.03. The van der Waals surface area contributed by atoms with Gasteiger partial charge in [-0.3, -0.25) is 0 Å². The van der Waals surface area contributed by atoms with Gasteiger partial charge in [0.2, 0.25) is 0 Å². The van der Waals surface area contributed by atoms with Gasteiger partial charge in [-0.25, -0.2) is 4.98 Å². The van der Waals surface area contributed by atoms with Crippen molar-refractivity contribution >= 4 is 11.6 Å². The van der Waals surface area contributed by atoms with Crippen LogP contribution in [0.3, 0.4) is 0 Å². The van der Waals surface area contributed by atoms with Crippen LogP contribution in [0.25, 0.3) is 5.69 Å². The third-order valence-corrected chi connectivity index (χ3v) is 3.14. The molecule has 96 valence electrons. The van der Waals surface area contributed by atoms with E-state index in [2.05, 4.69) is 30.2 Å². The van der Waals surface area contributed by atoms with E-state index in [1.165, 1.54) is 5.56 Å². The van der Waals surface area contributed by atoms with Crippen molar-refractivity contribution in [3.8, 4) is 5.69 Å². The highest BCUT2D eigenvalue weighted by molar-refractivity contribution is 6.32. The summed E-state index contributed by atoms with van der Waals surface area (Å²) in [7, 11) is 0. The third kappa shape index (κ3) is 2.74. The normalized spacial score (nSPS) is 11.2. The molecule has 0 unspecified atom stereocenters. The van der Waals surface area contributed by atoms with Crippen LogP contribution >= 0.6 is 11.6 Å². The summed E-state index contributed by atoms with van der Waals surface area (Å²) in [6.07, 6.45) is 3.73. The summed E-state index contributed by atoms with van der Waals surface area (Å²) in [5.74, 6) is 0.939. The summed E-state index contributed by atoms with van der Waals surface area (Å²) in [5.41, 5.74) is 2.19. The molecule has 0 saturated heterocycles. The molecule has 1 aromatic carbocycles. The molecule has 0 aliphatic heterocycles. The standard InChI is InChI=1S/C14H18ClN3/c1-10(2)17-9-12-5-4-6-13(15)14(12)18-8-7-16-11(18)3/h4-8,10,17H,9H2,1-3H3. The first-order valence-corrected chi connectivity index (χ1v) is 6.48. The molecule has 0 bridgehead atoms. The Hall–Kier alpha value is -1.32. The highest BCUT2D eigenvalue weighted by Gasteiger charge is 2.11. The Bertz CT molecular complexity index is 532. The quantitative estimate of drug-likeness (QED) is 0.917. The maximum Gasteiger partial charge on any atom is 0.110 e. The van der Waals surface area contributed by atoms with Crippen molar-refractivity contribution in [2.24, 2.45) is 0 Å². The Morgan fingerprint density at radius 2 is 2.17 bits per heavy atom. The highest BCUT2D eigenvalue weighted by atomic mass is 35.5. The van der Waals surface area contributed by atoms with Gasteiger partial charge in [0.1, 0.15) is 5.82 Å². The molecule has 2 aromatic rings. The minimum atomic E-state index is 0.445. The minimum Gasteiger partial charge on any atom is -0.310 e. The molecule has 18 heavy (non-hydrogen) atoms. The molecular formula is C14H18ClN3. The van der Waals surface area contributed by atoms with Crippen molar-refractivity contribution in [2.75, 3.05) is 0 Å². The van der Waals surface area contributed by atoms with Gasteiger partial charge in [0.25, 0.3) is 0 Å². The number of aryl methyl sites for hydroxylation is 1. The Morgan fingerprint density at radius 3 is 2.78 bits per heavy atom.